The molecule has 2 N–H and O–H groups in total. The van der Waals surface area contributed by atoms with E-state index in [0.29, 0.717) is 17.3 Å². The molecule has 0 aliphatic carbocycles. The van der Waals surface area contributed by atoms with Gasteiger partial charge in [-0.3, -0.25) is 9.59 Å². The third-order valence-corrected chi connectivity index (χ3v) is 4.04. The molecular weight excluding hydrogens is 312 g/mol. The smallest absolute Gasteiger partial charge is 0.323 e. The van der Waals surface area contributed by atoms with Crippen molar-refractivity contribution in [1.82, 2.24) is 4.90 Å². The highest BCUT2D eigenvalue weighted by atomic mass is 35.5. The number of nitrogens with two attached hydrogens (primary N) is 1. The van der Waals surface area contributed by atoms with Crippen LogP contribution in [0.25, 0.3) is 0 Å². The van der Waals surface area contributed by atoms with E-state index in [9.17, 15) is 9.59 Å². The van der Waals surface area contributed by atoms with E-state index in [1.807, 2.05) is 18.2 Å². The molecule has 0 aromatic heterocycles. The molecule has 21 heavy (non-hydrogen) atoms. The summed E-state index contributed by atoms with van der Waals surface area (Å²) in [4.78, 5) is 24.7. The van der Waals surface area contributed by atoms with Crippen LogP contribution in [0.2, 0.25) is 5.02 Å². The molecule has 0 radical (unpaired) electrons. The molecule has 0 heterocycles. The molecule has 0 saturated heterocycles. The largest absolute Gasteiger partial charge is 0.468 e. The van der Waals surface area contributed by atoms with Crippen molar-refractivity contribution in [3.8, 4) is 0 Å². The first-order valence-corrected chi connectivity index (χ1v) is 7.87. The van der Waals surface area contributed by atoms with Gasteiger partial charge in [0.15, 0.2) is 0 Å². The van der Waals surface area contributed by atoms with Crippen LogP contribution in [0.1, 0.15) is 5.56 Å². The van der Waals surface area contributed by atoms with Gasteiger partial charge in [0.1, 0.15) is 6.04 Å². The molecule has 1 unspecified atom stereocenters. The molecule has 0 spiro atoms. The highest BCUT2D eigenvalue weighted by Gasteiger charge is 2.15. The maximum Gasteiger partial charge on any atom is 0.323 e. The van der Waals surface area contributed by atoms with Crippen LogP contribution >= 0.6 is 23.4 Å². The number of ether oxygens (including phenoxy) is 1. The Morgan fingerprint density at radius 3 is 2.81 bits per heavy atom. The minimum Gasteiger partial charge on any atom is -0.468 e. The third kappa shape index (κ3) is 6.37. The Hall–Kier alpha value is -1.24. The topological polar surface area (TPSA) is 72.6 Å². The minimum atomic E-state index is -0.703. The summed E-state index contributed by atoms with van der Waals surface area (Å²) in [5, 5.41) is 0.645. The van der Waals surface area contributed by atoms with Gasteiger partial charge in [-0.1, -0.05) is 23.7 Å². The van der Waals surface area contributed by atoms with E-state index in [1.54, 1.807) is 18.0 Å². The number of amides is 1. The van der Waals surface area contributed by atoms with Crippen LogP contribution in [0.5, 0.6) is 0 Å². The number of hydrogen-bond acceptors (Lipinski definition) is 5. The van der Waals surface area contributed by atoms with E-state index in [-0.39, 0.29) is 11.7 Å². The summed E-state index contributed by atoms with van der Waals surface area (Å²) >= 11 is 7.22. The van der Waals surface area contributed by atoms with Crippen LogP contribution in [0.3, 0.4) is 0 Å². The zero-order valence-corrected chi connectivity index (χ0v) is 13.6. The lowest BCUT2D eigenvalue weighted by atomic mass is 10.2. The van der Waals surface area contributed by atoms with E-state index < -0.39 is 12.0 Å². The number of thioether (sulfide) groups is 1. The van der Waals surface area contributed by atoms with Crippen molar-refractivity contribution in [2.75, 3.05) is 25.7 Å². The summed E-state index contributed by atoms with van der Waals surface area (Å²) in [5.74, 6) is 0.116. The Kier molecular flexibility index (Phi) is 7.56. The monoisotopic (exact) mass is 330 g/mol. The molecule has 1 aromatic rings. The number of carbonyl (C=O) groups is 2. The van der Waals surface area contributed by atoms with Crippen molar-refractivity contribution >= 4 is 35.2 Å². The van der Waals surface area contributed by atoms with Gasteiger partial charge in [0.2, 0.25) is 5.91 Å². The molecule has 1 aromatic carbocycles. The number of methoxy groups -OCH3 is 1. The Labute approximate surface area is 133 Å². The fourth-order valence-corrected chi connectivity index (χ4v) is 2.72. The molecular formula is C14H19ClN2O3S. The predicted octanol–water partition coefficient (Wildman–Crippen LogP) is 1.53. The fourth-order valence-electron chi connectivity index (χ4n) is 1.60. The number of nitrogens with zero attached hydrogens (tertiary/aromatic N) is 1. The Morgan fingerprint density at radius 2 is 2.19 bits per heavy atom. The summed E-state index contributed by atoms with van der Waals surface area (Å²) < 4.78 is 4.52. The van der Waals surface area contributed by atoms with Gasteiger partial charge in [0, 0.05) is 24.4 Å². The molecule has 0 aliphatic rings. The lowest BCUT2D eigenvalue weighted by Crippen LogP contribution is -2.35. The number of halogens is 1. The lowest BCUT2D eigenvalue weighted by molar-refractivity contribution is -0.141. The second-order valence-corrected chi connectivity index (χ2v) is 5.99. The van der Waals surface area contributed by atoms with Gasteiger partial charge in [-0.25, -0.2) is 0 Å². The quantitative estimate of drug-likeness (QED) is 0.768. The summed E-state index contributed by atoms with van der Waals surface area (Å²) in [5.41, 5.74) is 6.56. The first kappa shape index (κ1) is 17.8. The second kappa shape index (κ2) is 8.92. The van der Waals surface area contributed by atoms with Gasteiger partial charge in [0.25, 0.3) is 0 Å². The zero-order valence-electron chi connectivity index (χ0n) is 12.0. The maximum absolute atomic E-state index is 12.0. The summed E-state index contributed by atoms with van der Waals surface area (Å²) in [6, 6.07) is 6.67. The predicted molar refractivity (Wildman–Crippen MR) is 85.2 cm³/mol. The van der Waals surface area contributed by atoms with E-state index in [2.05, 4.69) is 4.74 Å². The Balaban J connectivity index is 2.36. The number of hydrogen-bond donors (Lipinski definition) is 1. The van der Waals surface area contributed by atoms with Crippen molar-refractivity contribution in [2.24, 2.45) is 5.73 Å². The van der Waals surface area contributed by atoms with Gasteiger partial charge in [-0.2, -0.15) is 0 Å². The molecule has 1 amide bonds. The molecule has 1 rings (SSSR count). The van der Waals surface area contributed by atoms with Crippen LogP contribution in [0.15, 0.2) is 24.3 Å². The van der Waals surface area contributed by atoms with Gasteiger partial charge in [-0.05, 0) is 17.7 Å². The van der Waals surface area contributed by atoms with Crippen molar-refractivity contribution in [3.63, 3.8) is 0 Å². The molecule has 0 saturated carbocycles. The average Bonchev–Trinajstić information content (AvgIpc) is 2.46. The first-order valence-electron chi connectivity index (χ1n) is 6.33. The third-order valence-electron chi connectivity index (χ3n) is 2.76. The van der Waals surface area contributed by atoms with E-state index in [4.69, 9.17) is 17.3 Å². The SMILES string of the molecule is COC(=O)C(N)CSCC(=O)N(C)Cc1cccc(Cl)c1. The number of benzene rings is 1. The molecule has 1 atom stereocenters. The highest BCUT2D eigenvalue weighted by molar-refractivity contribution is 8.00. The molecule has 5 nitrogen and oxygen atoms in total. The molecule has 0 aliphatic heterocycles. The van der Waals surface area contributed by atoms with Crippen molar-refractivity contribution in [2.45, 2.75) is 12.6 Å². The fraction of sp³-hybridized carbons (Fsp3) is 0.429. The molecule has 116 valence electrons. The van der Waals surface area contributed by atoms with Crippen molar-refractivity contribution in [3.05, 3.63) is 34.9 Å². The molecule has 0 bridgehead atoms. The van der Waals surface area contributed by atoms with Gasteiger partial charge < -0.3 is 15.4 Å². The van der Waals surface area contributed by atoms with E-state index >= 15 is 0 Å². The van der Waals surface area contributed by atoms with Crippen LogP contribution in [0.4, 0.5) is 0 Å². The maximum atomic E-state index is 12.0. The van der Waals surface area contributed by atoms with Gasteiger partial charge >= 0.3 is 5.97 Å². The van der Waals surface area contributed by atoms with Crippen LogP contribution in [0, 0.1) is 0 Å². The number of esters is 1. The highest BCUT2D eigenvalue weighted by Crippen LogP contribution is 2.13. The standard InChI is InChI=1S/C14H19ClN2O3S/c1-17(7-10-4-3-5-11(15)6-10)13(18)9-21-8-12(16)14(19)20-2/h3-6,12H,7-9,16H2,1-2H3. The summed E-state index contributed by atoms with van der Waals surface area (Å²) in [6.45, 7) is 0.489. The minimum absolute atomic E-state index is 0.0305. The number of rotatable bonds is 7. The van der Waals surface area contributed by atoms with Crippen LogP contribution in [-0.2, 0) is 20.9 Å². The van der Waals surface area contributed by atoms with E-state index in [0.717, 1.165) is 5.56 Å². The van der Waals surface area contributed by atoms with Crippen LogP contribution in [-0.4, -0.2) is 48.5 Å². The van der Waals surface area contributed by atoms with E-state index in [1.165, 1.54) is 18.9 Å². The summed E-state index contributed by atoms with van der Waals surface area (Å²) in [6.07, 6.45) is 0. The van der Waals surface area contributed by atoms with Gasteiger partial charge in [0.05, 0.1) is 12.9 Å². The molecule has 0 fully saturated rings. The first-order chi connectivity index (χ1) is 9.93. The van der Waals surface area contributed by atoms with Crippen molar-refractivity contribution < 1.29 is 14.3 Å². The Bertz CT molecular complexity index is 499. The Morgan fingerprint density at radius 1 is 1.48 bits per heavy atom. The van der Waals surface area contributed by atoms with Crippen LogP contribution < -0.4 is 5.73 Å². The lowest BCUT2D eigenvalue weighted by Gasteiger charge is -2.17. The normalized spacial score (nSPS) is 11.8. The second-order valence-electron chi connectivity index (χ2n) is 4.52. The molecule has 7 heteroatoms. The number of carbonyl (C=O) groups excluding carboxylic acids is 2. The van der Waals surface area contributed by atoms with Gasteiger partial charge in [-0.15, -0.1) is 11.8 Å². The average molecular weight is 331 g/mol. The van der Waals surface area contributed by atoms with Crippen molar-refractivity contribution in [1.29, 1.82) is 0 Å². The summed E-state index contributed by atoms with van der Waals surface area (Å²) in [7, 11) is 3.01. The zero-order chi connectivity index (χ0) is 15.8.